The molecule has 1 aliphatic rings. The van der Waals surface area contributed by atoms with Crippen molar-refractivity contribution in [3.05, 3.63) is 64.3 Å². The second-order valence-electron chi connectivity index (χ2n) is 7.22. The van der Waals surface area contributed by atoms with E-state index in [1.807, 2.05) is 0 Å². The number of nitrogens with one attached hydrogen (secondary N) is 2. The van der Waals surface area contributed by atoms with Crippen molar-refractivity contribution in [1.29, 1.82) is 0 Å². The lowest BCUT2D eigenvalue weighted by Gasteiger charge is -2.19. The van der Waals surface area contributed by atoms with Crippen LogP contribution in [0.5, 0.6) is 0 Å². The number of fused-ring (bicyclic) bond motifs is 1. The van der Waals surface area contributed by atoms with Crippen LogP contribution < -0.4 is 10.6 Å². The number of anilines is 1. The molecule has 0 spiro atoms. The Morgan fingerprint density at radius 2 is 2.09 bits per heavy atom. The van der Waals surface area contributed by atoms with Gasteiger partial charge in [0.05, 0.1) is 35.2 Å². The van der Waals surface area contributed by atoms with E-state index < -0.39 is 11.9 Å². The van der Waals surface area contributed by atoms with Gasteiger partial charge in [-0.25, -0.2) is 9.78 Å². The number of furan rings is 1. The van der Waals surface area contributed by atoms with E-state index in [1.165, 1.54) is 12.3 Å². The molecule has 2 N–H and O–H groups in total. The van der Waals surface area contributed by atoms with Crippen LogP contribution in [-0.2, 0) is 22.5 Å². The Hall–Kier alpha value is -3.86. The van der Waals surface area contributed by atoms with E-state index in [-0.39, 0.29) is 49.4 Å². The molecular formula is C22H20N4O6S. The van der Waals surface area contributed by atoms with Crippen LogP contribution in [-0.4, -0.2) is 40.1 Å². The van der Waals surface area contributed by atoms with Gasteiger partial charge in [-0.15, -0.1) is 0 Å². The molecule has 33 heavy (non-hydrogen) atoms. The molecule has 0 aliphatic heterocycles. The molecule has 3 aromatic rings. The minimum Gasteiger partial charge on any atom is -0.460 e. The third kappa shape index (κ3) is 5.14. The SMILES string of the molecule is CCOC(=O)c1ccc(CNC(=O)[C@@H]2CC(=O)c3sc(NC(=O)c4cccnc4)nc3C2)o1. The van der Waals surface area contributed by atoms with Gasteiger partial charge >= 0.3 is 5.97 Å². The summed E-state index contributed by atoms with van der Waals surface area (Å²) in [5, 5.41) is 5.70. The van der Waals surface area contributed by atoms with E-state index in [9.17, 15) is 19.2 Å². The Morgan fingerprint density at radius 3 is 2.85 bits per heavy atom. The molecule has 0 fully saturated rings. The minimum atomic E-state index is -0.589. The fourth-order valence-corrected chi connectivity index (χ4v) is 4.28. The zero-order valence-electron chi connectivity index (χ0n) is 17.6. The zero-order chi connectivity index (χ0) is 23.4. The summed E-state index contributed by atoms with van der Waals surface area (Å²) in [6, 6.07) is 6.33. The van der Waals surface area contributed by atoms with E-state index in [4.69, 9.17) is 9.15 Å². The van der Waals surface area contributed by atoms with Crippen molar-refractivity contribution in [3.63, 3.8) is 0 Å². The van der Waals surface area contributed by atoms with Crippen LogP contribution in [0.15, 0.2) is 41.1 Å². The topological polar surface area (TPSA) is 140 Å². The number of nitrogens with zero attached hydrogens (tertiary/aromatic N) is 2. The van der Waals surface area contributed by atoms with E-state index in [2.05, 4.69) is 20.6 Å². The third-order valence-electron chi connectivity index (χ3n) is 4.91. The first-order valence-electron chi connectivity index (χ1n) is 10.2. The second-order valence-corrected chi connectivity index (χ2v) is 8.22. The van der Waals surface area contributed by atoms with Crippen LogP contribution in [0.4, 0.5) is 5.13 Å². The Labute approximate surface area is 192 Å². The molecule has 0 saturated carbocycles. The van der Waals surface area contributed by atoms with Crippen molar-refractivity contribution in [1.82, 2.24) is 15.3 Å². The number of hydrogen-bond acceptors (Lipinski definition) is 9. The number of ketones is 1. The molecule has 2 amide bonds. The van der Waals surface area contributed by atoms with Crippen molar-refractivity contribution in [2.24, 2.45) is 5.92 Å². The second kappa shape index (κ2) is 9.74. The third-order valence-corrected chi connectivity index (χ3v) is 5.97. The number of thiazole rings is 1. The van der Waals surface area contributed by atoms with Crippen LogP contribution in [0, 0.1) is 5.92 Å². The number of ether oxygens (including phenoxy) is 1. The lowest BCUT2D eigenvalue weighted by atomic mass is 9.89. The molecule has 0 aromatic carbocycles. The van der Waals surface area contributed by atoms with Gasteiger partial charge in [0.15, 0.2) is 10.9 Å². The molecule has 0 radical (unpaired) electrons. The highest BCUT2D eigenvalue weighted by atomic mass is 32.1. The normalized spacial score (nSPS) is 14.9. The predicted octanol–water partition coefficient (Wildman–Crippen LogP) is 2.62. The number of carbonyl (C=O) groups excluding carboxylic acids is 4. The number of carbonyl (C=O) groups is 4. The Balaban J connectivity index is 1.36. The molecule has 0 bridgehead atoms. The Bertz CT molecular complexity index is 1200. The maximum atomic E-state index is 12.6. The van der Waals surface area contributed by atoms with Gasteiger partial charge < -0.3 is 14.5 Å². The van der Waals surface area contributed by atoms with E-state index >= 15 is 0 Å². The fraction of sp³-hybridized carbons (Fsp3) is 0.273. The summed E-state index contributed by atoms with van der Waals surface area (Å²) in [7, 11) is 0. The first-order chi connectivity index (χ1) is 15.9. The molecule has 11 heteroatoms. The number of Topliss-reactive ketones (excluding diaryl/α,β-unsaturated/α-hetero) is 1. The van der Waals surface area contributed by atoms with Gasteiger partial charge in [0.25, 0.3) is 5.91 Å². The highest BCUT2D eigenvalue weighted by molar-refractivity contribution is 7.17. The molecule has 1 aliphatic carbocycles. The van der Waals surface area contributed by atoms with Crippen LogP contribution in [0.1, 0.15) is 55.4 Å². The van der Waals surface area contributed by atoms with Crippen LogP contribution in [0.3, 0.4) is 0 Å². The van der Waals surface area contributed by atoms with Crippen molar-refractivity contribution < 1.29 is 28.3 Å². The van der Waals surface area contributed by atoms with Gasteiger partial charge in [-0.2, -0.15) is 0 Å². The summed E-state index contributed by atoms with van der Waals surface area (Å²) in [4.78, 5) is 57.9. The molecule has 10 nitrogen and oxygen atoms in total. The van der Waals surface area contributed by atoms with E-state index in [0.29, 0.717) is 27.0 Å². The summed E-state index contributed by atoms with van der Waals surface area (Å²) in [5.41, 5.74) is 0.860. The van der Waals surface area contributed by atoms with Crippen LogP contribution in [0.25, 0.3) is 0 Å². The average Bonchev–Trinajstić information content (AvgIpc) is 3.45. The lowest BCUT2D eigenvalue weighted by molar-refractivity contribution is -0.125. The molecule has 0 saturated heterocycles. The Morgan fingerprint density at radius 1 is 1.24 bits per heavy atom. The highest BCUT2D eigenvalue weighted by Gasteiger charge is 2.33. The van der Waals surface area contributed by atoms with Gasteiger partial charge in [0.1, 0.15) is 5.76 Å². The van der Waals surface area contributed by atoms with Crippen molar-refractivity contribution >= 4 is 40.0 Å². The number of esters is 1. The van der Waals surface area contributed by atoms with Crippen molar-refractivity contribution in [2.45, 2.75) is 26.3 Å². The largest absolute Gasteiger partial charge is 0.460 e. The van der Waals surface area contributed by atoms with Crippen LogP contribution in [0.2, 0.25) is 0 Å². The predicted molar refractivity (Wildman–Crippen MR) is 117 cm³/mol. The van der Waals surface area contributed by atoms with Gasteiger partial charge in [-0.05, 0) is 31.2 Å². The summed E-state index contributed by atoms with van der Waals surface area (Å²) < 4.78 is 10.2. The lowest BCUT2D eigenvalue weighted by Crippen LogP contribution is -2.35. The quantitative estimate of drug-likeness (QED) is 0.504. The number of amides is 2. The van der Waals surface area contributed by atoms with Gasteiger partial charge in [-0.3, -0.25) is 24.7 Å². The Kier molecular flexibility index (Phi) is 6.59. The van der Waals surface area contributed by atoms with Crippen molar-refractivity contribution in [2.75, 3.05) is 11.9 Å². The smallest absolute Gasteiger partial charge is 0.374 e. The molecule has 0 unspecified atom stereocenters. The van der Waals surface area contributed by atoms with Crippen molar-refractivity contribution in [3.8, 4) is 0 Å². The summed E-state index contributed by atoms with van der Waals surface area (Å²) >= 11 is 1.10. The molecule has 170 valence electrons. The standard InChI is InChI=1S/C22H20N4O6S/c1-2-31-21(30)17-6-5-14(32-17)11-24-19(28)13-8-15-18(16(27)9-13)33-22(25-15)26-20(29)12-4-3-7-23-10-12/h3-7,10,13H,2,8-9,11H2,1H3,(H,24,28)(H,25,26,29)/t13-/m0/s1. The van der Waals surface area contributed by atoms with Gasteiger partial charge in [0.2, 0.25) is 11.7 Å². The van der Waals surface area contributed by atoms with Crippen LogP contribution >= 0.6 is 11.3 Å². The maximum Gasteiger partial charge on any atom is 0.374 e. The number of hydrogen-bond donors (Lipinski definition) is 2. The van der Waals surface area contributed by atoms with Gasteiger partial charge in [0, 0.05) is 25.2 Å². The minimum absolute atomic E-state index is 0.0449. The zero-order valence-corrected chi connectivity index (χ0v) is 18.4. The number of pyridine rings is 1. The summed E-state index contributed by atoms with van der Waals surface area (Å²) in [6.45, 7) is 1.99. The molecule has 1 atom stereocenters. The summed E-state index contributed by atoms with van der Waals surface area (Å²) in [6.07, 6.45) is 3.32. The van der Waals surface area contributed by atoms with E-state index in [0.717, 1.165) is 11.3 Å². The first kappa shape index (κ1) is 22.3. The van der Waals surface area contributed by atoms with Gasteiger partial charge in [-0.1, -0.05) is 11.3 Å². The average molecular weight is 468 g/mol. The molecule has 3 aromatic heterocycles. The molecule has 3 heterocycles. The maximum absolute atomic E-state index is 12.6. The van der Waals surface area contributed by atoms with E-state index in [1.54, 1.807) is 31.3 Å². The number of aromatic nitrogens is 2. The summed E-state index contributed by atoms with van der Waals surface area (Å²) in [5.74, 6) is -1.61. The molecule has 4 rings (SSSR count). The fourth-order valence-electron chi connectivity index (χ4n) is 3.34. The number of rotatable bonds is 7. The monoisotopic (exact) mass is 468 g/mol. The first-order valence-corrected chi connectivity index (χ1v) is 11.0. The highest BCUT2D eigenvalue weighted by Crippen LogP contribution is 2.32. The molecular weight excluding hydrogens is 448 g/mol.